The van der Waals surface area contributed by atoms with Gasteiger partial charge >= 0.3 is 5.97 Å². The highest BCUT2D eigenvalue weighted by atomic mass is 16.5. The molecule has 1 rings (SSSR count). The highest BCUT2D eigenvalue weighted by Crippen LogP contribution is 2.32. The zero-order valence-electron chi connectivity index (χ0n) is 6.44. The summed E-state index contributed by atoms with van der Waals surface area (Å²) >= 11 is 0. The van der Waals surface area contributed by atoms with Crippen LogP contribution in [0, 0.1) is 0 Å². The Morgan fingerprint density at radius 2 is 2.20 bits per heavy atom. The molecule has 0 aromatic rings. The number of rotatable bonds is 2. The summed E-state index contributed by atoms with van der Waals surface area (Å²) in [6.45, 7) is 0. The number of carbonyl (C=O) groups excluding carboxylic acids is 1. The minimum atomic E-state index is -0.339. The Labute approximate surface area is 60.7 Å². The van der Waals surface area contributed by atoms with Crippen molar-refractivity contribution >= 4 is 5.97 Å². The van der Waals surface area contributed by atoms with Crippen LogP contribution in [0.5, 0.6) is 0 Å². The molecule has 0 amide bonds. The zero-order chi connectivity index (χ0) is 7.61. The van der Waals surface area contributed by atoms with Gasteiger partial charge in [-0.05, 0) is 26.3 Å². The Hall–Kier alpha value is -0.570. The first kappa shape index (κ1) is 7.54. The van der Waals surface area contributed by atoms with E-state index in [-0.39, 0.29) is 11.5 Å². The molecular weight excluding hydrogens is 130 g/mol. The van der Waals surface area contributed by atoms with Crippen LogP contribution in [-0.4, -0.2) is 25.7 Å². The molecule has 58 valence electrons. The monoisotopic (exact) mass is 143 g/mol. The molecule has 1 fully saturated rings. The molecule has 0 aromatic heterocycles. The van der Waals surface area contributed by atoms with Crippen LogP contribution in [0.1, 0.15) is 19.3 Å². The number of hydrogen-bond donors (Lipinski definition) is 1. The number of methoxy groups -OCH3 is 1. The normalized spacial score (nSPS) is 21.4. The number of nitrogens with one attached hydrogen (secondary N) is 1. The van der Waals surface area contributed by atoms with E-state index in [0.29, 0.717) is 0 Å². The summed E-state index contributed by atoms with van der Waals surface area (Å²) in [4.78, 5) is 11.1. The van der Waals surface area contributed by atoms with Gasteiger partial charge in [-0.25, -0.2) is 0 Å². The Kier molecular flexibility index (Phi) is 1.94. The largest absolute Gasteiger partial charge is 0.468 e. The number of likely N-dealkylation sites (N-methyl/N-ethyl adjacent to an activating group) is 1. The molecule has 0 atom stereocenters. The van der Waals surface area contributed by atoms with Gasteiger partial charge < -0.3 is 10.1 Å². The van der Waals surface area contributed by atoms with Crippen molar-refractivity contribution < 1.29 is 9.53 Å². The number of ether oxygens (including phenoxy) is 1. The third-order valence-corrected chi connectivity index (χ3v) is 2.26. The van der Waals surface area contributed by atoms with Crippen molar-refractivity contribution in [1.82, 2.24) is 5.32 Å². The fourth-order valence-corrected chi connectivity index (χ4v) is 1.28. The average Bonchev–Trinajstić information content (AvgIpc) is 1.86. The molecule has 0 saturated heterocycles. The molecule has 1 aliphatic rings. The predicted octanol–water partition coefficient (Wildman–Crippen LogP) is 0.301. The Bertz CT molecular complexity index is 135. The van der Waals surface area contributed by atoms with Gasteiger partial charge in [-0.1, -0.05) is 0 Å². The van der Waals surface area contributed by atoms with Crippen LogP contribution in [-0.2, 0) is 9.53 Å². The van der Waals surface area contributed by atoms with E-state index >= 15 is 0 Å². The summed E-state index contributed by atoms with van der Waals surface area (Å²) in [5.74, 6) is -0.124. The molecule has 10 heavy (non-hydrogen) atoms. The van der Waals surface area contributed by atoms with Gasteiger partial charge in [0.15, 0.2) is 0 Å². The molecule has 1 saturated carbocycles. The highest BCUT2D eigenvalue weighted by Gasteiger charge is 2.43. The Morgan fingerprint density at radius 3 is 2.30 bits per heavy atom. The van der Waals surface area contributed by atoms with Crippen molar-refractivity contribution in [2.24, 2.45) is 0 Å². The second kappa shape index (κ2) is 2.58. The Morgan fingerprint density at radius 1 is 1.60 bits per heavy atom. The summed E-state index contributed by atoms with van der Waals surface area (Å²) in [5, 5.41) is 2.99. The molecule has 3 heteroatoms. The van der Waals surface area contributed by atoms with Crippen molar-refractivity contribution in [2.45, 2.75) is 24.8 Å². The van der Waals surface area contributed by atoms with Gasteiger partial charge in [0.2, 0.25) is 0 Å². The second-order valence-corrected chi connectivity index (χ2v) is 2.68. The van der Waals surface area contributed by atoms with E-state index in [2.05, 4.69) is 10.1 Å². The summed E-state index contributed by atoms with van der Waals surface area (Å²) in [5.41, 5.74) is -0.339. The molecule has 1 aliphatic carbocycles. The van der Waals surface area contributed by atoms with Crippen molar-refractivity contribution in [3.05, 3.63) is 0 Å². The lowest BCUT2D eigenvalue weighted by Gasteiger charge is -2.38. The van der Waals surface area contributed by atoms with Gasteiger partial charge in [0.05, 0.1) is 7.11 Å². The lowest BCUT2D eigenvalue weighted by molar-refractivity contribution is -0.152. The van der Waals surface area contributed by atoms with Gasteiger partial charge in [-0.2, -0.15) is 0 Å². The third-order valence-electron chi connectivity index (χ3n) is 2.26. The summed E-state index contributed by atoms with van der Waals surface area (Å²) in [7, 11) is 3.23. The zero-order valence-corrected chi connectivity index (χ0v) is 6.44. The lowest BCUT2D eigenvalue weighted by atomic mass is 9.77. The summed E-state index contributed by atoms with van der Waals surface area (Å²) in [6.07, 6.45) is 2.95. The van der Waals surface area contributed by atoms with Gasteiger partial charge in [0, 0.05) is 0 Å². The van der Waals surface area contributed by atoms with Gasteiger partial charge in [-0.15, -0.1) is 0 Å². The smallest absolute Gasteiger partial charge is 0.326 e. The van der Waals surface area contributed by atoms with Crippen LogP contribution in [0.2, 0.25) is 0 Å². The van der Waals surface area contributed by atoms with E-state index in [1.54, 1.807) is 7.05 Å². The van der Waals surface area contributed by atoms with Crippen LogP contribution in [0.25, 0.3) is 0 Å². The molecule has 0 radical (unpaired) electrons. The standard InChI is InChI=1S/C7H13NO2/c1-8-7(4-3-5-7)6(9)10-2/h8H,3-5H2,1-2H3. The van der Waals surface area contributed by atoms with Crippen LogP contribution in [0.4, 0.5) is 0 Å². The minimum absolute atomic E-state index is 0.124. The van der Waals surface area contributed by atoms with E-state index in [4.69, 9.17) is 0 Å². The fraction of sp³-hybridized carbons (Fsp3) is 0.857. The number of esters is 1. The van der Waals surface area contributed by atoms with Gasteiger partial charge in [0.25, 0.3) is 0 Å². The highest BCUT2D eigenvalue weighted by molar-refractivity contribution is 5.81. The molecule has 3 nitrogen and oxygen atoms in total. The maximum atomic E-state index is 11.1. The maximum absolute atomic E-state index is 11.1. The number of carbonyl (C=O) groups is 1. The Balaban J connectivity index is 2.55. The molecule has 0 aromatic carbocycles. The molecule has 1 N–H and O–H groups in total. The lowest BCUT2D eigenvalue weighted by Crippen LogP contribution is -2.56. The van der Waals surface area contributed by atoms with Crippen LogP contribution in [0.3, 0.4) is 0 Å². The first-order valence-corrected chi connectivity index (χ1v) is 3.52. The molecule has 0 unspecified atom stereocenters. The number of hydrogen-bond acceptors (Lipinski definition) is 3. The summed E-state index contributed by atoms with van der Waals surface area (Å²) < 4.78 is 4.65. The second-order valence-electron chi connectivity index (χ2n) is 2.68. The summed E-state index contributed by atoms with van der Waals surface area (Å²) in [6, 6.07) is 0. The van der Waals surface area contributed by atoms with Gasteiger partial charge in [0.1, 0.15) is 5.54 Å². The minimum Gasteiger partial charge on any atom is -0.468 e. The molecule has 0 spiro atoms. The first-order chi connectivity index (χ1) is 4.75. The molecule has 0 heterocycles. The van der Waals surface area contributed by atoms with Crippen molar-refractivity contribution in [3.8, 4) is 0 Å². The van der Waals surface area contributed by atoms with E-state index in [1.165, 1.54) is 7.11 Å². The quantitative estimate of drug-likeness (QED) is 0.565. The van der Waals surface area contributed by atoms with E-state index in [0.717, 1.165) is 19.3 Å². The topological polar surface area (TPSA) is 38.3 Å². The van der Waals surface area contributed by atoms with E-state index < -0.39 is 0 Å². The SMILES string of the molecule is CNC1(C(=O)OC)CCC1. The van der Waals surface area contributed by atoms with Crippen molar-refractivity contribution in [2.75, 3.05) is 14.2 Å². The van der Waals surface area contributed by atoms with Crippen LogP contribution >= 0.6 is 0 Å². The van der Waals surface area contributed by atoms with E-state index in [9.17, 15) is 4.79 Å². The first-order valence-electron chi connectivity index (χ1n) is 3.52. The maximum Gasteiger partial charge on any atom is 0.326 e. The fourth-order valence-electron chi connectivity index (χ4n) is 1.28. The van der Waals surface area contributed by atoms with Crippen molar-refractivity contribution in [1.29, 1.82) is 0 Å². The molecule has 0 bridgehead atoms. The van der Waals surface area contributed by atoms with Crippen molar-refractivity contribution in [3.63, 3.8) is 0 Å². The molecular formula is C7H13NO2. The predicted molar refractivity (Wildman–Crippen MR) is 37.7 cm³/mol. The van der Waals surface area contributed by atoms with Crippen LogP contribution < -0.4 is 5.32 Å². The molecule has 0 aliphatic heterocycles. The van der Waals surface area contributed by atoms with Crippen LogP contribution in [0.15, 0.2) is 0 Å². The van der Waals surface area contributed by atoms with Gasteiger partial charge in [-0.3, -0.25) is 4.79 Å². The third kappa shape index (κ3) is 0.904. The average molecular weight is 143 g/mol. The van der Waals surface area contributed by atoms with E-state index in [1.807, 2.05) is 0 Å².